The molecule has 0 amide bonds. The van der Waals surface area contributed by atoms with Crippen LogP contribution in [0.15, 0.2) is 121 Å². The number of fused-ring (bicyclic) bond motifs is 2. The zero-order valence-corrected chi connectivity index (χ0v) is 21.3. The maximum atomic E-state index is 4.76. The van der Waals surface area contributed by atoms with Crippen LogP contribution in [0.4, 0.5) is 0 Å². The second-order valence-electron chi connectivity index (χ2n) is 9.97. The zero-order valence-electron chi connectivity index (χ0n) is 21.3. The molecule has 0 unspecified atom stereocenters. The minimum Gasteiger partial charge on any atom is -0.256 e. The van der Waals surface area contributed by atoms with Gasteiger partial charge in [-0.2, -0.15) is 0 Å². The van der Waals surface area contributed by atoms with Gasteiger partial charge in [-0.25, -0.2) is 0 Å². The van der Waals surface area contributed by atoms with Gasteiger partial charge in [0, 0.05) is 17.1 Å². The number of rotatable bonds is 7. The number of nitrogens with zero attached hydrogens (tertiary/aromatic N) is 1. The highest BCUT2D eigenvalue weighted by Crippen LogP contribution is 2.34. The Kier molecular flexibility index (Phi) is 6.52. The lowest BCUT2D eigenvalue weighted by atomic mass is 9.92. The lowest BCUT2D eigenvalue weighted by Gasteiger charge is -2.13. The summed E-state index contributed by atoms with van der Waals surface area (Å²) in [5, 5.41) is 5.09. The van der Waals surface area contributed by atoms with E-state index in [4.69, 9.17) is 4.98 Å². The number of unbranched alkanes of at least 4 members (excludes halogenated alkanes) is 1. The van der Waals surface area contributed by atoms with Crippen molar-refractivity contribution in [2.45, 2.75) is 32.6 Å². The highest BCUT2D eigenvalue weighted by Gasteiger charge is 2.10. The molecule has 0 N–H and O–H groups in total. The largest absolute Gasteiger partial charge is 0.256 e. The predicted octanol–water partition coefficient (Wildman–Crippen LogP) is 9.60. The van der Waals surface area contributed by atoms with E-state index in [2.05, 4.69) is 122 Å². The molecule has 1 aromatic heterocycles. The van der Waals surface area contributed by atoms with Crippen molar-refractivity contribution in [1.82, 2.24) is 4.98 Å². The Bertz CT molecular complexity index is 1670. The number of hydrogen-bond acceptors (Lipinski definition) is 1. The van der Waals surface area contributed by atoms with Crippen LogP contribution >= 0.6 is 0 Å². The average Bonchev–Trinajstić information content (AvgIpc) is 2.96. The van der Waals surface area contributed by atoms with Crippen molar-refractivity contribution in [3.05, 3.63) is 138 Å². The van der Waals surface area contributed by atoms with Crippen LogP contribution in [0.2, 0.25) is 0 Å². The van der Waals surface area contributed by atoms with Crippen LogP contribution in [0.1, 0.15) is 29.5 Å². The third-order valence-corrected chi connectivity index (χ3v) is 7.42. The number of aryl methyl sites for hydroxylation is 3. The van der Waals surface area contributed by atoms with Gasteiger partial charge in [-0.15, -0.1) is 0 Å². The van der Waals surface area contributed by atoms with E-state index in [0.29, 0.717) is 0 Å². The zero-order chi connectivity index (χ0) is 25.0. The lowest BCUT2D eigenvalue weighted by molar-refractivity contribution is 0.737. The van der Waals surface area contributed by atoms with Gasteiger partial charge in [0.1, 0.15) is 0 Å². The van der Waals surface area contributed by atoms with E-state index in [1.807, 2.05) is 6.20 Å². The number of pyridine rings is 1. The summed E-state index contributed by atoms with van der Waals surface area (Å²) in [6, 6.07) is 41.9. The molecular formula is C36H31N. The van der Waals surface area contributed by atoms with Crippen LogP contribution in [0.3, 0.4) is 0 Å². The van der Waals surface area contributed by atoms with Crippen molar-refractivity contribution in [3.8, 4) is 22.4 Å². The van der Waals surface area contributed by atoms with E-state index in [9.17, 15) is 0 Å². The van der Waals surface area contributed by atoms with Gasteiger partial charge in [-0.3, -0.25) is 4.98 Å². The molecule has 1 nitrogen and oxygen atoms in total. The van der Waals surface area contributed by atoms with Crippen LogP contribution in [0.5, 0.6) is 0 Å². The van der Waals surface area contributed by atoms with Crippen LogP contribution in [0.25, 0.3) is 43.9 Å². The Morgan fingerprint density at radius 3 is 2.22 bits per heavy atom. The molecule has 6 rings (SSSR count). The van der Waals surface area contributed by atoms with Gasteiger partial charge in [0.15, 0.2) is 0 Å². The maximum absolute atomic E-state index is 4.76. The van der Waals surface area contributed by atoms with Gasteiger partial charge >= 0.3 is 0 Å². The first-order valence-corrected chi connectivity index (χ1v) is 13.3. The summed E-state index contributed by atoms with van der Waals surface area (Å²) < 4.78 is 0. The van der Waals surface area contributed by atoms with E-state index in [1.165, 1.54) is 62.2 Å². The third-order valence-electron chi connectivity index (χ3n) is 7.42. The standard InChI is InChI=1S/C36H31N/c1-26-19-21-27(22-20-26)9-2-3-10-28-12-7-18-35-32(28)16-8-17-33(35)30-13-6-14-31(25-30)36-34-15-5-4-11-29(34)23-24-37-36/h4-8,11-25H,2-3,9-10H2,1H3. The Morgan fingerprint density at radius 1 is 0.568 bits per heavy atom. The molecule has 0 aliphatic heterocycles. The third kappa shape index (κ3) is 4.90. The van der Waals surface area contributed by atoms with Crippen molar-refractivity contribution in [3.63, 3.8) is 0 Å². The Labute approximate surface area is 219 Å². The van der Waals surface area contributed by atoms with Crippen LogP contribution in [-0.2, 0) is 12.8 Å². The van der Waals surface area contributed by atoms with Crippen LogP contribution in [-0.4, -0.2) is 4.98 Å². The quantitative estimate of drug-likeness (QED) is 0.209. The molecule has 0 saturated carbocycles. The summed E-state index contributed by atoms with van der Waals surface area (Å²) >= 11 is 0. The van der Waals surface area contributed by atoms with Crippen molar-refractivity contribution >= 4 is 21.5 Å². The van der Waals surface area contributed by atoms with E-state index in [-0.39, 0.29) is 0 Å². The first kappa shape index (κ1) is 23.2. The monoisotopic (exact) mass is 477 g/mol. The molecule has 1 heteroatoms. The molecule has 0 saturated heterocycles. The topological polar surface area (TPSA) is 12.9 Å². The van der Waals surface area contributed by atoms with E-state index in [0.717, 1.165) is 24.1 Å². The molecule has 0 fully saturated rings. The summed E-state index contributed by atoms with van der Waals surface area (Å²) in [7, 11) is 0. The summed E-state index contributed by atoms with van der Waals surface area (Å²) in [5.74, 6) is 0. The SMILES string of the molecule is Cc1ccc(CCCCc2cccc3c(-c4cccc(-c5nccc6ccccc56)c4)cccc23)cc1. The number of hydrogen-bond donors (Lipinski definition) is 0. The second-order valence-corrected chi connectivity index (χ2v) is 9.97. The second kappa shape index (κ2) is 10.4. The van der Waals surface area contributed by atoms with Gasteiger partial charge in [-0.05, 0) is 83.2 Å². The molecule has 0 aliphatic rings. The Balaban J connectivity index is 1.28. The molecule has 6 aromatic rings. The average molecular weight is 478 g/mol. The van der Waals surface area contributed by atoms with Crippen molar-refractivity contribution in [2.24, 2.45) is 0 Å². The van der Waals surface area contributed by atoms with E-state index >= 15 is 0 Å². The first-order chi connectivity index (χ1) is 18.3. The summed E-state index contributed by atoms with van der Waals surface area (Å²) in [5.41, 5.74) is 8.90. The molecule has 0 spiro atoms. The fourth-order valence-electron chi connectivity index (χ4n) is 5.43. The smallest absolute Gasteiger partial charge is 0.0780 e. The lowest BCUT2D eigenvalue weighted by Crippen LogP contribution is -1.92. The normalized spacial score (nSPS) is 11.3. The predicted molar refractivity (Wildman–Crippen MR) is 158 cm³/mol. The first-order valence-electron chi connectivity index (χ1n) is 13.3. The number of benzene rings is 5. The highest BCUT2D eigenvalue weighted by molar-refractivity contribution is 6.00. The number of aromatic nitrogens is 1. The van der Waals surface area contributed by atoms with Crippen molar-refractivity contribution in [1.29, 1.82) is 0 Å². The fourth-order valence-corrected chi connectivity index (χ4v) is 5.43. The minimum absolute atomic E-state index is 1.04. The molecule has 5 aromatic carbocycles. The minimum atomic E-state index is 1.04. The summed E-state index contributed by atoms with van der Waals surface area (Å²) in [6.45, 7) is 2.15. The summed E-state index contributed by atoms with van der Waals surface area (Å²) in [6.07, 6.45) is 6.56. The maximum Gasteiger partial charge on any atom is 0.0780 e. The molecule has 37 heavy (non-hydrogen) atoms. The van der Waals surface area contributed by atoms with Crippen LogP contribution in [0, 0.1) is 6.92 Å². The van der Waals surface area contributed by atoms with E-state index in [1.54, 1.807) is 0 Å². The summed E-state index contributed by atoms with van der Waals surface area (Å²) in [4.78, 5) is 4.76. The highest BCUT2D eigenvalue weighted by atomic mass is 14.7. The molecule has 0 atom stereocenters. The van der Waals surface area contributed by atoms with Crippen LogP contribution < -0.4 is 0 Å². The van der Waals surface area contributed by atoms with Gasteiger partial charge in [-0.1, -0.05) is 109 Å². The van der Waals surface area contributed by atoms with Crippen molar-refractivity contribution in [2.75, 3.05) is 0 Å². The van der Waals surface area contributed by atoms with Gasteiger partial charge in [0.05, 0.1) is 5.69 Å². The van der Waals surface area contributed by atoms with Gasteiger partial charge < -0.3 is 0 Å². The van der Waals surface area contributed by atoms with Crippen molar-refractivity contribution < 1.29 is 0 Å². The fraction of sp³-hybridized carbons (Fsp3) is 0.139. The molecular weight excluding hydrogens is 446 g/mol. The molecule has 0 bridgehead atoms. The molecule has 180 valence electrons. The Morgan fingerprint density at radius 2 is 1.30 bits per heavy atom. The van der Waals surface area contributed by atoms with Gasteiger partial charge in [0.2, 0.25) is 0 Å². The molecule has 0 aliphatic carbocycles. The molecule has 0 radical (unpaired) electrons. The van der Waals surface area contributed by atoms with E-state index < -0.39 is 0 Å². The Hall–Kier alpha value is -4.23. The van der Waals surface area contributed by atoms with Gasteiger partial charge in [0.25, 0.3) is 0 Å². The molecule has 1 heterocycles.